The van der Waals surface area contributed by atoms with Gasteiger partial charge < -0.3 is 19.5 Å². The van der Waals surface area contributed by atoms with Crippen molar-refractivity contribution in [2.45, 2.75) is 38.8 Å². The molecule has 1 N–H and O–H groups in total. The summed E-state index contributed by atoms with van der Waals surface area (Å²) in [6, 6.07) is 6.06. The molecule has 0 aliphatic carbocycles. The standard InChI is InChI=1S/C26H31F3N4O5S/c1-15(17-8-18(26(3,28)29)10-19(27)9-17)30-25-21-11-24(23(36-4)12-22(21)31-16(2)32-25)38-14-20-13-33(6-7-37-20)39(5,34)35/h8-12,15,20H,6-7,13-14H2,1-5H3,(H,30,31,32)/t15-,20+/m1/s1. The second-order valence-corrected chi connectivity index (χ2v) is 11.6. The number of aryl methyl sites for hydroxylation is 1. The molecular weight excluding hydrogens is 537 g/mol. The van der Waals surface area contributed by atoms with Gasteiger partial charge in [-0.25, -0.2) is 31.6 Å². The SMILES string of the molecule is COc1cc2nc(C)nc(N[C@H](C)c3cc(F)cc(C(C)(F)F)c3)c2cc1OC[C@@H]1CN(S(C)(=O)=O)CCO1. The van der Waals surface area contributed by atoms with Crippen LogP contribution in [-0.2, 0) is 20.7 Å². The highest BCUT2D eigenvalue weighted by atomic mass is 32.2. The molecule has 4 rings (SSSR count). The maximum atomic E-state index is 14.2. The van der Waals surface area contributed by atoms with Gasteiger partial charge in [0.05, 0.1) is 31.5 Å². The number of morpholine rings is 1. The number of alkyl halides is 2. The highest BCUT2D eigenvalue weighted by Gasteiger charge is 2.28. The van der Waals surface area contributed by atoms with E-state index in [0.717, 1.165) is 19.2 Å². The third-order valence-corrected chi connectivity index (χ3v) is 7.64. The van der Waals surface area contributed by atoms with E-state index in [9.17, 15) is 21.6 Å². The Morgan fingerprint density at radius 2 is 1.95 bits per heavy atom. The number of benzene rings is 2. The maximum absolute atomic E-state index is 14.2. The predicted molar refractivity (Wildman–Crippen MR) is 140 cm³/mol. The van der Waals surface area contributed by atoms with Gasteiger partial charge in [-0.15, -0.1) is 0 Å². The van der Waals surface area contributed by atoms with Crippen LogP contribution in [0.25, 0.3) is 10.9 Å². The number of ether oxygens (including phenoxy) is 3. The number of methoxy groups -OCH3 is 1. The van der Waals surface area contributed by atoms with E-state index in [1.54, 1.807) is 26.0 Å². The lowest BCUT2D eigenvalue weighted by Gasteiger charge is -2.31. The number of sulfonamides is 1. The van der Waals surface area contributed by atoms with Crippen LogP contribution in [0.1, 0.15) is 36.8 Å². The summed E-state index contributed by atoms with van der Waals surface area (Å²) in [5, 5.41) is 3.74. The van der Waals surface area contributed by atoms with Gasteiger partial charge in [0.1, 0.15) is 30.2 Å². The van der Waals surface area contributed by atoms with Crippen LogP contribution in [0.5, 0.6) is 11.5 Å². The molecular formula is C26H31F3N4O5S. The first-order chi connectivity index (χ1) is 18.2. The van der Waals surface area contributed by atoms with E-state index in [2.05, 4.69) is 15.3 Å². The van der Waals surface area contributed by atoms with Crippen molar-refractivity contribution in [3.05, 3.63) is 53.1 Å². The van der Waals surface area contributed by atoms with E-state index in [-0.39, 0.29) is 26.3 Å². The number of rotatable bonds is 9. The Morgan fingerprint density at radius 1 is 1.21 bits per heavy atom. The first kappa shape index (κ1) is 28.8. The molecule has 1 fully saturated rings. The van der Waals surface area contributed by atoms with Gasteiger partial charge in [-0.3, -0.25) is 0 Å². The van der Waals surface area contributed by atoms with E-state index in [0.29, 0.717) is 39.6 Å². The number of hydrogen-bond acceptors (Lipinski definition) is 8. The predicted octanol–water partition coefficient (Wildman–Crippen LogP) is 4.41. The topological polar surface area (TPSA) is 103 Å². The molecule has 0 bridgehead atoms. The fourth-order valence-electron chi connectivity index (χ4n) is 4.32. The number of anilines is 1. The van der Waals surface area contributed by atoms with Crippen molar-refractivity contribution in [2.24, 2.45) is 0 Å². The number of aromatic nitrogens is 2. The molecule has 1 aromatic heterocycles. The summed E-state index contributed by atoms with van der Waals surface area (Å²) in [6.07, 6.45) is 0.665. The average Bonchev–Trinajstić information content (AvgIpc) is 2.85. The first-order valence-electron chi connectivity index (χ1n) is 12.3. The summed E-state index contributed by atoms with van der Waals surface area (Å²) in [4.78, 5) is 8.96. The van der Waals surface area contributed by atoms with Crippen LogP contribution in [-0.4, -0.2) is 68.5 Å². The van der Waals surface area contributed by atoms with Gasteiger partial charge in [0.2, 0.25) is 10.0 Å². The molecule has 0 unspecified atom stereocenters. The van der Waals surface area contributed by atoms with Crippen LogP contribution in [0.4, 0.5) is 19.0 Å². The zero-order valence-electron chi connectivity index (χ0n) is 22.3. The van der Waals surface area contributed by atoms with Crippen LogP contribution in [0.3, 0.4) is 0 Å². The summed E-state index contributed by atoms with van der Waals surface area (Å²) < 4.78 is 84.3. The molecule has 1 aliphatic rings. The molecule has 39 heavy (non-hydrogen) atoms. The van der Waals surface area contributed by atoms with Crippen molar-refractivity contribution < 1.29 is 35.8 Å². The van der Waals surface area contributed by atoms with E-state index in [1.165, 1.54) is 23.5 Å². The van der Waals surface area contributed by atoms with Crippen LogP contribution in [0.15, 0.2) is 30.3 Å². The Labute approximate surface area is 225 Å². The maximum Gasteiger partial charge on any atom is 0.270 e. The third-order valence-electron chi connectivity index (χ3n) is 6.37. The van der Waals surface area contributed by atoms with E-state index in [1.807, 2.05) is 0 Å². The van der Waals surface area contributed by atoms with Crippen LogP contribution >= 0.6 is 0 Å². The molecule has 0 spiro atoms. The van der Waals surface area contributed by atoms with Crippen molar-refractivity contribution in [1.82, 2.24) is 14.3 Å². The molecule has 2 aromatic carbocycles. The molecule has 0 amide bonds. The molecule has 3 aromatic rings. The lowest BCUT2D eigenvalue weighted by molar-refractivity contribution is -0.0251. The molecule has 2 heterocycles. The summed E-state index contributed by atoms with van der Waals surface area (Å²) >= 11 is 0. The van der Waals surface area contributed by atoms with Crippen molar-refractivity contribution in [2.75, 3.05) is 45.0 Å². The van der Waals surface area contributed by atoms with Gasteiger partial charge in [-0.1, -0.05) is 0 Å². The normalized spacial score (nSPS) is 17.7. The third kappa shape index (κ3) is 6.89. The van der Waals surface area contributed by atoms with Gasteiger partial charge in [0, 0.05) is 37.0 Å². The highest BCUT2D eigenvalue weighted by Crippen LogP contribution is 2.36. The summed E-state index contributed by atoms with van der Waals surface area (Å²) in [5.74, 6) is -2.37. The quantitative estimate of drug-likeness (QED) is 0.405. The monoisotopic (exact) mass is 568 g/mol. The minimum absolute atomic E-state index is 0.0665. The van der Waals surface area contributed by atoms with Gasteiger partial charge in [0.25, 0.3) is 5.92 Å². The lowest BCUT2D eigenvalue weighted by Crippen LogP contribution is -2.47. The molecule has 13 heteroatoms. The zero-order valence-corrected chi connectivity index (χ0v) is 23.1. The van der Waals surface area contributed by atoms with Crippen molar-refractivity contribution in [3.8, 4) is 11.5 Å². The molecule has 0 radical (unpaired) electrons. The Morgan fingerprint density at radius 3 is 2.62 bits per heavy atom. The fourth-order valence-corrected chi connectivity index (χ4v) is 5.16. The van der Waals surface area contributed by atoms with E-state index in [4.69, 9.17) is 14.2 Å². The van der Waals surface area contributed by atoms with Gasteiger partial charge in [-0.05, 0) is 43.7 Å². The summed E-state index contributed by atoms with van der Waals surface area (Å²) in [5.41, 5.74) is 0.444. The second-order valence-electron chi connectivity index (χ2n) is 9.59. The molecule has 1 aliphatic heterocycles. The Kier molecular flexibility index (Phi) is 8.24. The zero-order chi connectivity index (χ0) is 28.5. The number of fused-ring (bicyclic) bond motifs is 1. The van der Waals surface area contributed by atoms with Crippen LogP contribution in [0.2, 0.25) is 0 Å². The largest absolute Gasteiger partial charge is 0.493 e. The number of halogens is 3. The second kappa shape index (κ2) is 11.1. The summed E-state index contributed by atoms with van der Waals surface area (Å²) in [7, 11) is -1.88. The Balaban J connectivity index is 1.62. The van der Waals surface area contributed by atoms with Gasteiger partial charge in [0.15, 0.2) is 11.5 Å². The van der Waals surface area contributed by atoms with Crippen molar-refractivity contribution in [3.63, 3.8) is 0 Å². The van der Waals surface area contributed by atoms with E-state index < -0.39 is 39.5 Å². The summed E-state index contributed by atoms with van der Waals surface area (Å²) in [6.45, 7) is 4.90. The van der Waals surface area contributed by atoms with Gasteiger partial charge in [-0.2, -0.15) is 4.31 Å². The van der Waals surface area contributed by atoms with Crippen LogP contribution in [0, 0.1) is 12.7 Å². The van der Waals surface area contributed by atoms with Crippen molar-refractivity contribution in [1.29, 1.82) is 0 Å². The average molecular weight is 569 g/mol. The van der Waals surface area contributed by atoms with E-state index >= 15 is 0 Å². The minimum Gasteiger partial charge on any atom is -0.493 e. The number of nitrogens with one attached hydrogen (secondary N) is 1. The highest BCUT2D eigenvalue weighted by molar-refractivity contribution is 7.88. The van der Waals surface area contributed by atoms with Crippen molar-refractivity contribution >= 4 is 26.7 Å². The smallest absolute Gasteiger partial charge is 0.270 e. The van der Waals surface area contributed by atoms with Crippen LogP contribution < -0.4 is 14.8 Å². The molecule has 9 nitrogen and oxygen atoms in total. The van der Waals surface area contributed by atoms with Gasteiger partial charge >= 0.3 is 0 Å². The Bertz CT molecular complexity index is 1470. The number of hydrogen-bond donors (Lipinski definition) is 1. The number of nitrogens with zero attached hydrogens (tertiary/aromatic N) is 3. The molecule has 212 valence electrons. The lowest BCUT2D eigenvalue weighted by atomic mass is 10.0. The molecule has 2 atom stereocenters. The molecule has 1 saturated heterocycles. The minimum atomic E-state index is -3.36. The fraction of sp³-hybridized carbons (Fsp3) is 0.462. The Hall–Kier alpha value is -3.16. The molecule has 0 saturated carbocycles. The first-order valence-corrected chi connectivity index (χ1v) is 14.1.